The molecule has 1 aliphatic heterocycles. The van der Waals surface area contributed by atoms with Crippen LogP contribution < -0.4 is 10.6 Å². The van der Waals surface area contributed by atoms with Gasteiger partial charge in [-0.1, -0.05) is 35.9 Å². The Balaban J connectivity index is 2.03. The number of fused-ring (bicyclic) bond motifs is 1. The number of anilines is 1. The van der Waals surface area contributed by atoms with E-state index in [1.54, 1.807) is 0 Å². The van der Waals surface area contributed by atoms with Crippen LogP contribution in [0, 0.1) is 5.92 Å². The highest BCUT2D eigenvalue weighted by Gasteiger charge is 2.28. The molecule has 4 nitrogen and oxygen atoms in total. The van der Waals surface area contributed by atoms with Crippen LogP contribution in [-0.2, 0) is 4.79 Å². The van der Waals surface area contributed by atoms with E-state index >= 15 is 0 Å². The molecule has 0 aliphatic carbocycles. The van der Waals surface area contributed by atoms with E-state index in [2.05, 4.69) is 9.88 Å². The van der Waals surface area contributed by atoms with Gasteiger partial charge in [0.1, 0.15) is 11.0 Å². The molecule has 19 heavy (non-hydrogen) atoms. The van der Waals surface area contributed by atoms with Crippen molar-refractivity contribution in [2.45, 2.75) is 6.42 Å². The van der Waals surface area contributed by atoms with Gasteiger partial charge in [0.25, 0.3) is 0 Å². The van der Waals surface area contributed by atoms with E-state index in [4.69, 9.17) is 17.3 Å². The van der Waals surface area contributed by atoms with Gasteiger partial charge in [-0.25, -0.2) is 4.98 Å². The minimum atomic E-state index is -0.242. The normalized spacial score (nSPS) is 19.0. The summed E-state index contributed by atoms with van der Waals surface area (Å²) in [4.78, 5) is 17.8. The van der Waals surface area contributed by atoms with Crippen LogP contribution in [0.3, 0.4) is 0 Å². The third kappa shape index (κ3) is 2.24. The van der Waals surface area contributed by atoms with Crippen LogP contribution in [0.4, 0.5) is 5.82 Å². The number of benzene rings is 1. The minimum absolute atomic E-state index is 0.0976. The molecule has 1 saturated heterocycles. The number of pyridine rings is 1. The SMILES string of the molecule is NC(=O)C1CCN(c2nc(Cl)cc3ccccc23)C1. The van der Waals surface area contributed by atoms with Gasteiger partial charge in [0, 0.05) is 18.5 Å². The Morgan fingerprint density at radius 1 is 1.42 bits per heavy atom. The lowest BCUT2D eigenvalue weighted by Gasteiger charge is -2.19. The van der Waals surface area contributed by atoms with E-state index in [9.17, 15) is 4.79 Å². The van der Waals surface area contributed by atoms with Crippen LogP contribution >= 0.6 is 11.6 Å². The first kappa shape index (κ1) is 12.2. The number of rotatable bonds is 2. The molecule has 1 atom stereocenters. The van der Waals surface area contributed by atoms with Gasteiger partial charge in [0.15, 0.2) is 0 Å². The second-order valence-corrected chi connectivity index (χ2v) is 5.21. The van der Waals surface area contributed by atoms with Crippen molar-refractivity contribution in [3.05, 3.63) is 35.5 Å². The van der Waals surface area contributed by atoms with Crippen LogP contribution in [-0.4, -0.2) is 24.0 Å². The molecule has 0 spiro atoms. The van der Waals surface area contributed by atoms with Crippen molar-refractivity contribution >= 4 is 34.1 Å². The smallest absolute Gasteiger partial charge is 0.222 e. The topological polar surface area (TPSA) is 59.2 Å². The van der Waals surface area contributed by atoms with Crippen molar-refractivity contribution in [1.29, 1.82) is 0 Å². The van der Waals surface area contributed by atoms with Crippen molar-refractivity contribution < 1.29 is 4.79 Å². The van der Waals surface area contributed by atoms with E-state index < -0.39 is 0 Å². The van der Waals surface area contributed by atoms with Gasteiger partial charge in [-0.3, -0.25) is 4.79 Å². The summed E-state index contributed by atoms with van der Waals surface area (Å²) in [5, 5.41) is 2.58. The highest BCUT2D eigenvalue weighted by atomic mass is 35.5. The average Bonchev–Trinajstić information content (AvgIpc) is 2.87. The number of hydrogen-bond acceptors (Lipinski definition) is 3. The van der Waals surface area contributed by atoms with Gasteiger partial charge in [-0.05, 0) is 17.9 Å². The summed E-state index contributed by atoms with van der Waals surface area (Å²) in [6.07, 6.45) is 0.776. The fourth-order valence-corrected chi connectivity index (χ4v) is 2.77. The summed E-state index contributed by atoms with van der Waals surface area (Å²) in [6.45, 7) is 1.40. The Labute approximate surface area is 116 Å². The molecule has 0 bridgehead atoms. The molecule has 2 N–H and O–H groups in total. The van der Waals surface area contributed by atoms with Crippen molar-refractivity contribution in [3.8, 4) is 0 Å². The average molecular weight is 276 g/mol. The molecule has 1 fully saturated rings. The zero-order chi connectivity index (χ0) is 13.4. The largest absolute Gasteiger partial charge is 0.369 e. The molecule has 0 saturated carbocycles. The molecule has 98 valence electrons. The summed E-state index contributed by atoms with van der Waals surface area (Å²) in [5.41, 5.74) is 5.37. The molecular formula is C14H14ClN3O. The fourth-order valence-electron chi connectivity index (χ4n) is 2.57. The number of halogens is 1. The number of nitrogens with two attached hydrogens (primary N) is 1. The standard InChI is InChI=1S/C14H14ClN3O/c15-12-7-9-3-1-2-4-11(9)14(17-12)18-6-5-10(8-18)13(16)19/h1-4,7,10H,5-6,8H2,(H2,16,19). The van der Waals surface area contributed by atoms with Crippen LogP contribution in [0.5, 0.6) is 0 Å². The Morgan fingerprint density at radius 2 is 2.21 bits per heavy atom. The number of aromatic nitrogens is 1. The molecular weight excluding hydrogens is 262 g/mol. The summed E-state index contributed by atoms with van der Waals surface area (Å²) >= 11 is 6.07. The Kier molecular flexibility index (Phi) is 3.03. The minimum Gasteiger partial charge on any atom is -0.369 e. The van der Waals surface area contributed by atoms with Gasteiger partial charge in [-0.2, -0.15) is 0 Å². The van der Waals surface area contributed by atoms with Gasteiger partial charge in [0.05, 0.1) is 5.92 Å². The van der Waals surface area contributed by atoms with E-state index in [-0.39, 0.29) is 11.8 Å². The Bertz CT molecular complexity index is 644. The zero-order valence-corrected chi connectivity index (χ0v) is 11.1. The highest BCUT2D eigenvalue weighted by molar-refractivity contribution is 6.30. The maximum atomic E-state index is 11.3. The lowest BCUT2D eigenvalue weighted by Crippen LogP contribution is -2.27. The first-order valence-electron chi connectivity index (χ1n) is 6.24. The molecule has 1 unspecified atom stereocenters. The van der Waals surface area contributed by atoms with Crippen molar-refractivity contribution in [1.82, 2.24) is 4.98 Å². The number of carbonyl (C=O) groups is 1. The molecule has 3 rings (SSSR count). The Hall–Kier alpha value is -1.81. The predicted molar refractivity (Wildman–Crippen MR) is 76.3 cm³/mol. The molecule has 2 heterocycles. The number of amides is 1. The quantitative estimate of drug-likeness (QED) is 0.855. The maximum absolute atomic E-state index is 11.3. The van der Waals surface area contributed by atoms with E-state index in [1.165, 1.54) is 0 Å². The molecule has 2 aromatic rings. The van der Waals surface area contributed by atoms with Crippen LogP contribution in [0.15, 0.2) is 30.3 Å². The first-order chi connectivity index (χ1) is 9.15. The second kappa shape index (κ2) is 4.70. The summed E-state index contributed by atoms with van der Waals surface area (Å²) in [7, 11) is 0. The van der Waals surface area contributed by atoms with Gasteiger partial charge < -0.3 is 10.6 Å². The first-order valence-corrected chi connectivity index (χ1v) is 6.62. The van der Waals surface area contributed by atoms with E-state index in [1.807, 2.05) is 30.3 Å². The lowest BCUT2D eigenvalue weighted by molar-refractivity contribution is -0.121. The molecule has 1 amide bonds. The third-order valence-electron chi connectivity index (χ3n) is 3.58. The molecule has 1 aromatic heterocycles. The third-order valence-corrected chi connectivity index (χ3v) is 3.77. The van der Waals surface area contributed by atoms with Crippen LogP contribution in [0.1, 0.15) is 6.42 Å². The van der Waals surface area contributed by atoms with Crippen molar-refractivity contribution in [3.63, 3.8) is 0 Å². The van der Waals surface area contributed by atoms with Gasteiger partial charge >= 0.3 is 0 Å². The fraction of sp³-hybridized carbons (Fsp3) is 0.286. The number of nitrogens with zero attached hydrogens (tertiary/aromatic N) is 2. The summed E-state index contributed by atoms with van der Waals surface area (Å²) in [6, 6.07) is 9.82. The van der Waals surface area contributed by atoms with Crippen molar-refractivity contribution in [2.24, 2.45) is 11.7 Å². The predicted octanol–water partition coefficient (Wildman–Crippen LogP) is 2.20. The molecule has 1 aliphatic rings. The Morgan fingerprint density at radius 3 is 2.95 bits per heavy atom. The number of carbonyl (C=O) groups excluding carboxylic acids is 1. The number of hydrogen-bond donors (Lipinski definition) is 1. The summed E-state index contributed by atoms with van der Waals surface area (Å²) in [5.74, 6) is 0.500. The zero-order valence-electron chi connectivity index (χ0n) is 10.3. The highest BCUT2D eigenvalue weighted by Crippen LogP contribution is 2.30. The monoisotopic (exact) mass is 275 g/mol. The van der Waals surface area contributed by atoms with Crippen LogP contribution in [0.25, 0.3) is 10.8 Å². The van der Waals surface area contributed by atoms with Crippen molar-refractivity contribution in [2.75, 3.05) is 18.0 Å². The second-order valence-electron chi connectivity index (χ2n) is 4.82. The van der Waals surface area contributed by atoms with E-state index in [0.717, 1.165) is 29.6 Å². The van der Waals surface area contributed by atoms with Crippen LogP contribution in [0.2, 0.25) is 5.15 Å². The number of primary amides is 1. The summed E-state index contributed by atoms with van der Waals surface area (Å²) < 4.78 is 0. The van der Waals surface area contributed by atoms with E-state index in [0.29, 0.717) is 11.7 Å². The maximum Gasteiger partial charge on any atom is 0.222 e. The lowest BCUT2D eigenvalue weighted by atomic mass is 10.1. The molecule has 1 aromatic carbocycles. The molecule has 0 radical (unpaired) electrons. The van der Waals surface area contributed by atoms with Gasteiger partial charge in [-0.15, -0.1) is 0 Å². The van der Waals surface area contributed by atoms with Gasteiger partial charge in [0.2, 0.25) is 5.91 Å². The molecule has 5 heteroatoms.